The molecular weight excluding hydrogens is 257 g/mol. The molecule has 19 heavy (non-hydrogen) atoms. The Kier molecular flexibility index (Phi) is 4.94. The lowest BCUT2D eigenvalue weighted by atomic mass is 10.0. The third-order valence-electron chi connectivity index (χ3n) is 2.83. The first-order valence-corrected chi connectivity index (χ1v) is 5.94. The summed E-state index contributed by atoms with van der Waals surface area (Å²) in [7, 11) is 0. The average molecular weight is 274 g/mol. The molecule has 0 aromatic heterocycles. The Morgan fingerprint density at radius 2 is 2.00 bits per heavy atom. The van der Waals surface area contributed by atoms with Gasteiger partial charge in [0.2, 0.25) is 0 Å². The van der Waals surface area contributed by atoms with Gasteiger partial charge in [-0.15, -0.1) is 0 Å². The van der Waals surface area contributed by atoms with E-state index in [-0.39, 0.29) is 24.1 Å². The molecule has 0 spiro atoms. The maximum Gasteiger partial charge on any atom is 0.416 e. The van der Waals surface area contributed by atoms with E-state index in [1.807, 2.05) is 13.8 Å². The molecule has 106 valence electrons. The number of carbonyl (C=O) groups excluding carboxylic acids is 1. The monoisotopic (exact) mass is 274 g/mol. The summed E-state index contributed by atoms with van der Waals surface area (Å²) in [5.41, 5.74) is 4.65. The van der Waals surface area contributed by atoms with Crippen LogP contribution in [0.25, 0.3) is 0 Å². The molecule has 0 radical (unpaired) electrons. The van der Waals surface area contributed by atoms with Crippen molar-refractivity contribution in [2.75, 3.05) is 6.54 Å². The molecule has 0 aliphatic heterocycles. The number of hydrogen-bond donors (Lipinski definition) is 2. The minimum absolute atomic E-state index is 0.0195. The number of alkyl halides is 3. The number of nitrogens with two attached hydrogens (primary N) is 1. The minimum Gasteiger partial charge on any atom is -0.348 e. The normalized spacial score (nSPS) is 13.4. The van der Waals surface area contributed by atoms with Crippen molar-refractivity contribution in [3.8, 4) is 0 Å². The second-order valence-electron chi connectivity index (χ2n) is 4.64. The van der Waals surface area contributed by atoms with E-state index in [2.05, 4.69) is 5.32 Å². The van der Waals surface area contributed by atoms with Crippen LogP contribution in [-0.4, -0.2) is 18.5 Å². The number of hydrogen-bond acceptors (Lipinski definition) is 2. The Bertz CT molecular complexity index is 444. The molecule has 1 unspecified atom stereocenters. The van der Waals surface area contributed by atoms with Crippen molar-refractivity contribution >= 4 is 5.91 Å². The van der Waals surface area contributed by atoms with Crippen LogP contribution in [0.4, 0.5) is 13.2 Å². The molecule has 0 saturated carbocycles. The molecule has 0 saturated heterocycles. The minimum atomic E-state index is -4.46. The van der Waals surface area contributed by atoms with Crippen molar-refractivity contribution < 1.29 is 18.0 Å². The highest BCUT2D eigenvalue weighted by Crippen LogP contribution is 2.29. The summed E-state index contributed by atoms with van der Waals surface area (Å²) in [5, 5.41) is 2.63. The zero-order valence-electron chi connectivity index (χ0n) is 10.8. The fraction of sp³-hybridized carbons (Fsp3) is 0.462. The van der Waals surface area contributed by atoms with Crippen molar-refractivity contribution in [2.45, 2.75) is 26.1 Å². The van der Waals surface area contributed by atoms with Gasteiger partial charge >= 0.3 is 6.18 Å². The smallest absolute Gasteiger partial charge is 0.348 e. The number of nitrogens with one attached hydrogen (secondary N) is 1. The van der Waals surface area contributed by atoms with Gasteiger partial charge in [-0.1, -0.05) is 19.9 Å². The number of amides is 1. The maximum atomic E-state index is 12.5. The predicted molar refractivity (Wildman–Crippen MR) is 66.6 cm³/mol. The Labute approximate surface area is 110 Å². The third kappa shape index (κ3) is 4.24. The molecule has 0 aliphatic carbocycles. The predicted octanol–water partition coefficient (Wildman–Crippen LogP) is 2.42. The van der Waals surface area contributed by atoms with Crippen molar-refractivity contribution in [1.29, 1.82) is 0 Å². The fourth-order valence-electron chi connectivity index (χ4n) is 1.59. The lowest BCUT2D eigenvalue weighted by Crippen LogP contribution is -2.43. The van der Waals surface area contributed by atoms with Crippen LogP contribution in [0.2, 0.25) is 0 Å². The van der Waals surface area contributed by atoms with Gasteiger partial charge in [0, 0.05) is 18.2 Å². The summed E-state index contributed by atoms with van der Waals surface area (Å²) in [6, 6.07) is 4.06. The van der Waals surface area contributed by atoms with Crippen molar-refractivity contribution in [3.63, 3.8) is 0 Å². The fourth-order valence-corrected chi connectivity index (χ4v) is 1.59. The molecule has 1 aromatic carbocycles. The lowest BCUT2D eigenvalue weighted by Gasteiger charge is -2.20. The van der Waals surface area contributed by atoms with Crippen molar-refractivity contribution in [2.24, 2.45) is 11.7 Å². The van der Waals surface area contributed by atoms with Crippen LogP contribution in [0, 0.1) is 5.92 Å². The Morgan fingerprint density at radius 3 is 2.47 bits per heavy atom. The highest BCUT2D eigenvalue weighted by molar-refractivity contribution is 5.94. The zero-order chi connectivity index (χ0) is 14.6. The zero-order valence-corrected chi connectivity index (χ0v) is 10.8. The summed E-state index contributed by atoms with van der Waals surface area (Å²) in [6.45, 7) is 4.00. The Hall–Kier alpha value is -1.56. The Balaban J connectivity index is 2.89. The van der Waals surface area contributed by atoms with Gasteiger partial charge in [-0.2, -0.15) is 13.2 Å². The van der Waals surface area contributed by atoms with Gasteiger partial charge in [-0.05, 0) is 24.1 Å². The van der Waals surface area contributed by atoms with Crippen LogP contribution in [0.3, 0.4) is 0 Å². The molecule has 0 heterocycles. The van der Waals surface area contributed by atoms with Crippen LogP contribution in [-0.2, 0) is 6.18 Å². The third-order valence-corrected chi connectivity index (χ3v) is 2.83. The maximum absolute atomic E-state index is 12.5. The number of halogens is 3. The summed E-state index contributed by atoms with van der Waals surface area (Å²) < 4.78 is 37.6. The van der Waals surface area contributed by atoms with Gasteiger partial charge in [0.25, 0.3) is 5.91 Å². The molecule has 1 amide bonds. The van der Waals surface area contributed by atoms with E-state index in [0.29, 0.717) is 0 Å². The first kappa shape index (κ1) is 15.5. The van der Waals surface area contributed by atoms with Gasteiger partial charge in [0.05, 0.1) is 5.56 Å². The highest BCUT2D eigenvalue weighted by Gasteiger charge is 2.31. The molecule has 0 fully saturated rings. The summed E-state index contributed by atoms with van der Waals surface area (Å²) in [5.74, 6) is -0.435. The van der Waals surface area contributed by atoms with Crippen LogP contribution in [0.1, 0.15) is 29.8 Å². The quantitative estimate of drug-likeness (QED) is 0.886. The van der Waals surface area contributed by atoms with E-state index in [1.165, 1.54) is 12.1 Å². The molecule has 6 heteroatoms. The van der Waals surface area contributed by atoms with Crippen LogP contribution in [0.5, 0.6) is 0 Å². The summed E-state index contributed by atoms with van der Waals surface area (Å²) >= 11 is 0. The van der Waals surface area contributed by atoms with Gasteiger partial charge in [-0.25, -0.2) is 0 Å². The van der Waals surface area contributed by atoms with E-state index in [0.717, 1.165) is 12.1 Å². The van der Waals surface area contributed by atoms with Crippen LogP contribution in [0.15, 0.2) is 24.3 Å². The van der Waals surface area contributed by atoms with Crippen molar-refractivity contribution in [1.82, 2.24) is 5.32 Å². The second kappa shape index (κ2) is 6.06. The van der Waals surface area contributed by atoms with Crippen LogP contribution >= 0.6 is 0 Å². The molecular formula is C13H17F3N2O. The highest BCUT2D eigenvalue weighted by atomic mass is 19.4. The average Bonchev–Trinajstić information content (AvgIpc) is 2.34. The lowest BCUT2D eigenvalue weighted by molar-refractivity contribution is -0.137. The number of rotatable bonds is 4. The van der Waals surface area contributed by atoms with Gasteiger partial charge in [0.15, 0.2) is 0 Å². The standard InChI is InChI=1S/C13H17F3N2O/c1-8(2)11(7-17)18-12(19)9-4-3-5-10(6-9)13(14,15)16/h3-6,8,11H,7,17H2,1-2H3,(H,18,19). The summed E-state index contributed by atoms with van der Waals surface area (Å²) in [4.78, 5) is 11.9. The second-order valence-corrected chi connectivity index (χ2v) is 4.64. The Morgan fingerprint density at radius 1 is 1.37 bits per heavy atom. The molecule has 1 aromatic rings. The van der Waals surface area contributed by atoms with Crippen molar-refractivity contribution in [3.05, 3.63) is 35.4 Å². The van der Waals surface area contributed by atoms with Gasteiger partial charge in [0.1, 0.15) is 0 Å². The van der Waals surface area contributed by atoms with Gasteiger partial charge < -0.3 is 11.1 Å². The molecule has 0 aliphatic rings. The largest absolute Gasteiger partial charge is 0.416 e. The first-order chi connectivity index (χ1) is 8.75. The van der Waals surface area contributed by atoms with E-state index in [4.69, 9.17) is 5.73 Å². The molecule has 3 N–H and O–H groups in total. The van der Waals surface area contributed by atoms with E-state index >= 15 is 0 Å². The van der Waals surface area contributed by atoms with E-state index in [1.54, 1.807) is 0 Å². The topological polar surface area (TPSA) is 55.1 Å². The van der Waals surface area contributed by atoms with Crippen LogP contribution < -0.4 is 11.1 Å². The molecule has 1 atom stereocenters. The SMILES string of the molecule is CC(C)C(CN)NC(=O)c1cccc(C(F)(F)F)c1. The first-order valence-electron chi connectivity index (χ1n) is 5.94. The van der Waals surface area contributed by atoms with Gasteiger partial charge in [-0.3, -0.25) is 4.79 Å². The van der Waals surface area contributed by atoms with E-state index < -0.39 is 17.6 Å². The molecule has 3 nitrogen and oxygen atoms in total. The number of benzene rings is 1. The molecule has 1 rings (SSSR count). The molecule has 0 bridgehead atoms. The summed E-state index contributed by atoms with van der Waals surface area (Å²) in [6.07, 6.45) is -4.46. The number of carbonyl (C=O) groups is 1. The van der Waals surface area contributed by atoms with E-state index in [9.17, 15) is 18.0 Å².